The zero-order valence-electron chi connectivity index (χ0n) is 31.3. The third kappa shape index (κ3) is 6.01. The summed E-state index contributed by atoms with van der Waals surface area (Å²) < 4.78 is 6.72. The van der Waals surface area contributed by atoms with E-state index in [1.807, 2.05) is 91.0 Å². The van der Waals surface area contributed by atoms with E-state index >= 15 is 0 Å². The Morgan fingerprint density at radius 3 is 1.59 bits per heavy atom. The third-order valence-electron chi connectivity index (χ3n) is 10.9. The first-order chi connectivity index (χ1) is 28.7. The van der Waals surface area contributed by atoms with Crippen molar-refractivity contribution >= 4 is 0 Å². The molecule has 1 aromatic heterocycles. The zero-order chi connectivity index (χ0) is 38.9. The molecular weight excluding hydrogens is 709 g/mol. The summed E-state index contributed by atoms with van der Waals surface area (Å²) in [6.45, 7) is 0. The van der Waals surface area contributed by atoms with E-state index in [0.29, 0.717) is 23.0 Å². The summed E-state index contributed by atoms with van der Waals surface area (Å²) >= 11 is 0. The molecule has 0 unspecified atom stereocenters. The highest BCUT2D eigenvalue weighted by atomic mass is 16.5. The second-order valence-corrected chi connectivity index (χ2v) is 14.3. The van der Waals surface area contributed by atoms with E-state index < -0.39 is 5.41 Å². The fourth-order valence-electron chi connectivity index (χ4n) is 8.22. The van der Waals surface area contributed by atoms with Crippen LogP contribution in [0.1, 0.15) is 27.8 Å². The van der Waals surface area contributed by atoms with Gasteiger partial charge >= 0.3 is 0 Å². The number of nitriles is 1. The molecule has 9 aromatic rings. The number of fused-ring (bicyclic) bond motifs is 2. The highest BCUT2D eigenvalue weighted by Gasteiger charge is 2.45. The molecule has 0 amide bonds. The van der Waals surface area contributed by atoms with Crippen LogP contribution in [0.5, 0.6) is 11.5 Å². The Kier molecular flexibility index (Phi) is 8.70. The second kappa shape index (κ2) is 14.6. The molecule has 1 aliphatic rings. The Bertz CT molecular complexity index is 2940. The predicted molar refractivity (Wildman–Crippen MR) is 230 cm³/mol. The molecule has 5 heteroatoms. The molecule has 0 aliphatic carbocycles. The standard InChI is InChI=1S/C53H34N4O/c54-35-36-27-29-37(30-28-36)39-17-14-18-40(33-39)50-55-51(57-52(56-50)45-24-11-10-23-44(45)38-15-4-1-5-16-38)41-31-32-49-47(34-41)53(42-19-6-2-7-20-42,43-21-8-3-9-22-43)46-25-12-13-26-48(46)58-49/h1-34H. The Hall–Kier alpha value is -7.94. The number of para-hydroxylation sites is 1. The van der Waals surface area contributed by atoms with E-state index in [4.69, 9.17) is 19.7 Å². The maximum Gasteiger partial charge on any atom is 0.164 e. The normalized spacial score (nSPS) is 12.4. The molecule has 0 fully saturated rings. The molecular formula is C53H34N4O. The Morgan fingerprint density at radius 2 is 0.897 bits per heavy atom. The molecule has 1 aliphatic heterocycles. The van der Waals surface area contributed by atoms with Crippen LogP contribution in [0.25, 0.3) is 56.4 Å². The van der Waals surface area contributed by atoms with Gasteiger partial charge in [0.25, 0.3) is 0 Å². The minimum Gasteiger partial charge on any atom is -0.457 e. The Labute approximate surface area is 337 Å². The van der Waals surface area contributed by atoms with Crippen molar-refractivity contribution in [3.8, 4) is 74.0 Å². The molecule has 0 N–H and O–H groups in total. The zero-order valence-corrected chi connectivity index (χ0v) is 31.3. The van der Waals surface area contributed by atoms with E-state index in [0.717, 1.165) is 72.7 Å². The lowest BCUT2D eigenvalue weighted by molar-refractivity contribution is 0.434. The number of rotatable bonds is 7. The van der Waals surface area contributed by atoms with Crippen LogP contribution in [0.2, 0.25) is 0 Å². The van der Waals surface area contributed by atoms with E-state index in [-0.39, 0.29) is 0 Å². The second-order valence-electron chi connectivity index (χ2n) is 14.3. The van der Waals surface area contributed by atoms with E-state index in [9.17, 15) is 5.26 Å². The molecule has 5 nitrogen and oxygen atoms in total. The smallest absolute Gasteiger partial charge is 0.164 e. The molecule has 2 heterocycles. The summed E-state index contributed by atoms with van der Waals surface area (Å²) in [7, 11) is 0. The van der Waals surface area contributed by atoms with Gasteiger partial charge in [0.05, 0.1) is 17.0 Å². The van der Waals surface area contributed by atoms with Crippen molar-refractivity contribution in [2.45, 2.75) is 5.41 Å². The molecule has 0 saturated carbocycles. The van der Waals surface area contributed by atoms with Crippen molar-refractivity contribution in [3.63, 3.8) is 0 Å². The van der Waals surface area contributed by atoms with Crippen molar-refractivity contribution in [3.05, 3.63) is 234 Å². The van der Waals surface area contributed by atoms with Crippen molar-refractivity contribution in [1.29, 1.82) is 5.26 Å². The number of benzene rings is 8. The number of hydrogen-bond donors (Lipinski definition) is 0. The highest BCUT2D eigenvalue weighted by molar-refractivity contribution is 5.82. The van der Waals surface area contributed by atoms with Gasteiger partial charge in [-0.1, -0.05) is 164 Å². The molecule has 0 bridgehead atoms. The Balaban J connectivity index is 1.21. The molecule has 0 saturated heterocycles. The topological polar surface area (TPSA) is 71.7 Å². The van der Waals surface area contributed by atoms with Crippen LogP contribution in [-0.4, -0.2) is 15.0 Å². The van der Waals surface area contributed by atoms with Gasteiger partial charge in [0.2, 0.25) is 0 Å². The third-order valence-corrected chi connectivity index (χ3v) is 10.9. The average Bonchev–Trinajstić information content (AvgIpc) is 3.31. The summed E-state index contributed by atoms with van der Waals surface area (Å²) in [4.78, 5) is 15.7. The lowest BCUT2D eigenvalue weighted by atomic mass is 9.63. The van der Waals surface area contributed by atoms with Gasteiger partial charge in [-0.05, 0) is 75.8 Å². The molecule has 8 aromatic carbocycles. The van der Waals surface area contributed by atoms with Crippen molar-refractivity contribution in [2.24, 2.45) is 0 Å². The van der Waals surface area contributed by atoms with E-state index in [1.54, 1.807) is 0 Å². The van der Waals surface area contributed by atoms with Gasteiger partial charge < -0.3 is 4.74 Å². The van der Waals surface area contributed by atoms with E-state index in [2.05, 4.69) is 121 Å². The number of ether oxygens (including phenoxy) is 1. The maximum atomic E-state index is 9.40. The summed E-state index contributed by atoms with van der Waals surface area (Å²) in [5.74, 6) is 3.26. The molecule has 10 rings (SSSR count). The van der Waals surface area contributed by atoms with Crippen LogP contribution in [-0.2, 0) is 5.41 Å². The van der Waals surface area contributed by atoms with Crippen LogP contribution >= 0.6 is 0 Å². The average molecular weight is 743 g/mol. The Morgan fingerprint density at radius 1 is 0.379 bits per heavy atom. The van der Waals surface area contributed by atoms with Gasteiger partial charge in [0.1, 0.15) is 11.5 Å². The molecule has 58 heavy (non-hydrogen) atoms. The fourth-order valence-corrected chi connectivity index (χ4v) is 8.22. The van der Waals surface area contributed by atoms with Crippen molar-refractivity contribution < 1.29 is 4.74 Å². The van der Waals surface area contributed by atoms with Crippen LogP contribution in [0.4, 0.5) is 0 Å². The molecule has 0 spiro atoms. The minimum absolute atomic E-state index is 0.545. The van der Waals surface area contributed by atoms with Crippen LogP contribution in [0.3, 0.4) is 0 Å². The first-order valence-corrected chi connectivity index (χ1v) is 19.2. The van der Waals surface area contributed by atoms with Gasteiger partial charge in [-0.25, -0.2) is 15.0 Å². The van der Waals surface area contributed by atoms with Gasteiger partial charge in [-0.15, -0.1) is 0 Å². The van der Waals surface area contributed by atoms with Gasteiger partial charge in [-0.3, -0.25) is 0 Å². The predicted octanol–water partition coefficient (Wildman–Crippen LogP) is 12.6. The lowest BCUT2D eigenvalue weighted by Gasteiger charge is -2.41. The van der Waals surface area contributed by atoms with E-state index in [1.165, 1.54) is 0 Å². The number of nitrogens with zero attached hydrogens (tertiary/aromatic N) is 4. The lowest BCUT2D eigenvalue weighted by Crippen LogP contribution is -2.34. The molecule has 0 radical (unpaired) electrons. The van der Waals surface area contributed by atoms with Crippen molar-refractivity contribution in [1.82, 2.24) is 15.0 Å². The first kappa shape index (κ1) is 34.5. The van der Waals surface area contributed by atoms with Gasteiger partial charge in [-0.2, -0.15) is 5.26 Å². The van der Waals surface area contributed by atoms with Crippen LogP contribution in [0, 0.1) is 11.3 Å². The molecule has 272 valence electrons. The first-order valence-electron chi connectivity index (χ1n) is 19.2. The monoisotopic (exact) mass is 742 g/mol. The summed E-state index contributed by atoms with van der Waals surface area (Å²) in [6.07, 6.45) is 0. The van der Waals surface area contributed by atoms with Crippen molar-refractivity contribution in [2.75, 3.05) is 0 Å². The summed E-state index contributed by atoms with van der Waals surface area (Å²) in [6, 6.07) is 72.6. The SMILES string of the molecule is N#Cc1ccc(-c2cccc(-c3nc(-c4ccc5c(c4)C(c4ccccc4)(c4ccccc4)c4ccccc4O5)nc(-c4ccccc4-c4ccccc4)n3)c2)cc1. The minimum atomic E-state index is -0.698. The highest BCUT2D eigenvalue weighted by Crippen LogP contribution is 2.55. The van der Waals surface area contributed by atoms with Gasteiger partial charge in [0, 0.05) is 27.8 Å². The summed E-state index contributed by atoms with van der Waals surface area (Å²) in [5, 5.41) is 9.40. The van der Waals surface area contributed by atoms with Gasteiger partial charge in [0.15, 0.2) is 17.5 Å². The fraction of sp³-hybridized carbons (Fsp3) is 0.0189. The maximum absolute atomic E-state index is 9.40. The number of aromatic nitrogens is 3. The quantitative estimate of drug-likeness (QED) is 0.163. The summed E-state index contributed by atoms with van der Waals surface area (Å²) in [5.41, 5.74) is 10.9. The molecule has 0 atom stereocenters. The van der Waals surface area contributed by atoms with Crippen LogP contribution in [0.15, 0.2) is 206 Å². The van der Waals surface area contributed by atoms with Crippen LogP contribution < -0.4 is 4.74 Å². The largest absolute Gasteiger partial charge is 0.457 e. The number of hydrogen-bond acceptors (Lipinski definition) is 5.